The molecule has 33 heavy (non-hydrogen) atoms. The van der Waals surface area contributed by atoms with Gasteiger partial charge in [-0.2, -0.15) is 5.10 Å². The molecule has 1 fully saturated rings. The Balaban J connectivity index is 1.41. The maximum atomic E-state index is 5.88. The quantitative estimate of drug-likeness (QED) is 0.468. The van der Waals surface area contributed by atoms with Crippen molar-refractivity contribution in [3.63, 3.8) is 0 Å². The minimum absolute atomic E-state index is 0.220. The number of benzene rings is 2. The van der Waals surface area contributed by atoms with E-state index in [1.807, 2.05) is 36.3 Å². The lowest BCUT2D eigenvalue weighted by molar-refractivity contribution is -0.00521. The Morgan fingerprint density at radius 3 is 2.64 bits per heavy atom. The first-order valence-corrected chi connectivity index (χ1v) is 11.2. The molecule has 0 amide bonds. The van der Waals surface area contributed by atoms with E-state index in [0.29, 0.717) is 0 Å². The topological polar surface area (TPSA) is 64.4 Å². The summed E-state index contributed by atoms with van der Waals surface area (Å²) >= 11 is 0. The van der Waals surface area contributed by atoms with Crippen molar-refractivity contribution >= 4 is 28.1 Å². The van der Waals surface area contributed by atoms with Crippen LogP contribution in [0, 0.1) is 0 Å². The molecule has 7 heteroatoms. The largest absolute Gasteiger partial charge is 0.494 e. The number of methoxy groups -OCH3 is 1. The van der Waals surface area contributed by atoms with Gasteiger partial charge < -0.3 is 19.7 Å². The molecule has 3 heterocycles. The number of ether oxygens (including phenoxy) is 2. The SMILES string of the molecule is COc1cc(-c2ccnc(Nc3cccc(N4C[C@@H](C)O[C@@H](C)C4)c3)c2)cc2cnn(C)c12. The van der Waals surface area contributed by atoms with Crippen molar-refractivity contribution in [2.75, 3.05) is 30.4 Å². The van der Waals surface area contributed by atoms with Crippen LogP contribution in [0.3, 0.4) is 0 Å². The van der Waals surface area contributed by atoms with Gasteiger partial charge in [0, 0.05) is 43.1 Å². The number of aryl methyl sites for hydroxylation is 1. The summed E-state index contributed by atoms with van der Waals surface area (Å²) in [6.07, 6.45) is 4.13. The maximum Gasteiger partial charge on any atom is 0.145 e. The van der Waals surface area contributed by atoms with Gasteiger partial charge in [0.15, 0.2) is 0 Å². The van der Waals surface area contributed by atoms with Crippen LogP contribution in [0.15, 0.2) is 60.9 Å². The number of hydrogen-bond donors (Lipinski definition) is 1. The Labute approximate surface area is 194 Å². The van der Waals surface area contributed by atoms with Gasteiger partial charge >= 0.3 is 0 Å². The molecule has 170 valence electrons. The molecule has 0 radical (unpaired) electrons. The van der Waals surface area contributed by atoms with Crippen molar-refractivity contribution in [1.82, 2.24) is 14.8 Å². The van der Waals surface area contributed by atoms with Crippen LogP contribution < -0.4 is 15.0 Å². The minimum Gasteiger partial charge on any atom is -0.494 e. The highest BCUT2D eigenvalue weighted by atomic mass is 16.5. The number of rotatable bonds is 5. The molecule has 0 unspecified atom stereocenters. The summed E-state index contributed by atoms with van der Waals surface area (Å²) in [7, 11) is 3.61. The number of hydrogen-bond acceptors (Lipinski definition) is 6. The van der Waals surface area contributed by atoms with Gasteiger partial charge in [0.25, 0.3) is 0 Å². The summed E-state index contributed by atoms with van der Waals surface area (Å²) in [5, 5.41) is 8.88. The van der Waals surface area contributed by atoms with E-state index in [1.54, 1.807) is 7.11 Å². The summed E-state index contributed by atoms with van der Waals surface area (Å²) in [5.74, 6) is 1.59. The van der Waals surface area contributed by atoms with Crippen LogP contribution in [0.1, 0.15) is 13.8 Å². The molecule has 0 aliphatic carbocycles. The average Bonchev–Trinajstić information content (AvgIpc) is 3.19. The zero-order chi connectivity index (χ0) is 22.9. The lowest BCUT2D eigenvalue weighted by Gasteiger charge is -2.37. The second-order valence-electron chi connectivity index (χ2n) is 8.65. The Morgan fingerprint density at radius 2 is 1.85 bits per heavy atom. The molecule has 4 aromatic rings. The molecule has 5 rings (SSSR count). The van der Waals surface area contributed by atoms with Gasteiger partial charge in [0.05, 0.1) is 25.5 Å². The predicted octanol–water partition coefficient (Wildman–Crippen LogP) is 5.00. The molecule has 1 aliphatic rings. The van der Waals surface area contributed by atoms with Crippen molar-refractivity contribution in [2.24, 2.45) is 7.05 Å². The van der Waals surface area contributed by atoms with Crippen molar-refractivity contribution < 1.29 is 9.47 Å². The van der Waals surface area contributed by atoms with Crippen LogP contribution in [0.25, 0.3) is 22.0 Å². The van der Waals surface area contributed by atoms with E-state index in [0.717, 1.165) is 52.4 Å². The number of aromatic nitrogens is 3. The summed E-state index contributed by atoms with van der Waals surface area (Å²) in [6, 6.07) is 16.7. The molecular formula is C26H29N5O2. The Hall–Kier alpha value is -3.58. The second-order valence-corrected chi connectivity index (χ2v) is 8.65. The van der Waals surface area contributed by atoms with E-state index in [-0.39, 0.29) is 12.2 Å². The molecule has 0 spiro atoms. The smallest absolute Gasteiger partial charge is 0.145 e. The number of nitrogens with zero attached hydrogens (tertiary/aromatic N) is 4. The Morgan fingerprint density at radius 1 is 1.03 bits per heavy atom. The molecule has 2 aromatic carbocycles. The van der Waals surface area contributed by atoms with Gasteiger partial charge in [0.2, 0.25) is 0 Å². The first-order valence-electron chi connectivity index (χ1n) is 11.2. The summed E-state index contributed by atoms with van der Waals surface area (Å²) in [5.41, 5.74) is 5.29. The lowest BCUT2D eigenvalue weighted by atomic mass is 10.0. The zero-order valence-electron chi connectivity index (χ0n) is 19.4. The highest BCUT2D eigenvalue weighted by molar-refractivity contribution is 5.90. The van der Waals surface area contributed by atoms with Crippen LogP contribution in [0.4, 0.5) is 17.2 Å². The first kappa shape index (κ1) is 21.3. The molecular weight excluding hydrogens is 414 g/mol. The van der Waals surface area contributed by atoms with E-state index in [4.69, 9.17) is 9.47 Å². The number of pyridine rings is 1. The summed E-state index contributed by atoms with van der Waals surface area (Å²) < 4.78 is 13.4. The minimum atomic E-state index is 0.220. The second kappa shape index (κ2) is 8.75. The predicted molar refractivity (Wildman–Crippen MR) is 132 cm³/mol. The van der Waals surface area contributed by atoms with E-state index in [2.05, 4.69) is 70.5 Å². The Kier molecular flexibility index (Phi) is 5.64. The lowest BCUT2D eigenvalue weighted by Crippen LogP contribution is -2.45. The summed E-state index contributed by atoms with van der Waals surface area (Å²) in [4.78, 5) is 6.92. The van der Waals surface area contributed by atoms with E-state index in [1.165, 1.54) is 5.69 Å². The molecule has 0 saturated carbocycles. The van der Waals surface area contributed by atoms with Gasteiger partial charge in [-0.05, 0) is 67.4 Å². The Bertz CT molecular complexity index is 1270. The third kappa shape index (κ3) is 4.36. The highest BCUT2D eigenvalue weighted by Gasteiger charge is 2.22. The van der Waals surface area contributed by atoms with Crippen molar-refractivity contribution in [2.45, 2.75) is 26.1 Å². The first-order chi connectivity index (χ1) is 16.0. The van der Waals surface area contributed by atoms with E-state index < -0.39 is 0 Å². The molecule has 1 aliphatic heterocycles. The third-order valence-electron chi connectivity index (χ3n) is 6.01. The molecule has 0 bridgehead atoms. The standard InChI is InChI=1S/C26H29N5O2/c1-17-15-31(16-18(2)33-17)23-7-5-6-22(13-23)29-25-12-19(8-9-27-25)20-10-21-14-28-30(3)26(21)24(11-20)32-4/h5-14,17-18H,15-16H2,1-4H3,(H,27,29)/t17-,18+. The molecule has 1 N–H and O–H groups in total. The van der Waals surface area contributed by atoms with Crippen LogP contribution in [0.5, 0.6) is 5.75 Å². The van der Waals surface area contributed by atoms with Crippen molar-refractivity contribution in [1.29, 1.82) is 0 Å². The number of nitrogens with one attached hydrogen (secondary N) is 1. The number of morpholine rings is 1. The summed E-state index contributed by atoms with van der Waals surface area (Å²) in [6.45, 7) is 6.02. The molecule has 2 aromatic heterocycles. The van der Waals surface area contributed by atoms with Gasteiger partial charge in [0.1, 0.15) is 17.1 Å². The van der Waals surface area contributed by atoms with Crippen molar-refractivity contribution in [3.05, 3.63) is 60.9 Å². The number of anilines is 3. The fraction of sp³-hybridized carbons (Fsp3) is 0.308. The van der Waals surface area contributed by atoms with Crippen LogP contribution in [0.2, 0.25) is 0 Å². The van der Waals surface area contributed by atoms with Gasteiger partial charge in [-0.25, -0.2) is 4.98 Å². The molecule has 7 nitrogen and oxygen atoms in total. The monoisotopic (exact) mass is 443 g/mol. The van der Waals surface area contributed by atoms with Gasteiger partial charge in [-0.1, -0.05) is 6.07 Å². The van der Waals surface area contributed by atoms with Crippen LogP contribution in [-0.4, -0.2) is 47.2 Å². The average molecular weight is 444 g/mol. The van der Waals surface area contributed by atoms with Crippen LogP contribution >= 0.6 is 0 Å². The molecule has 1 saturated heterocycles. The van der Waals surface area contributed by atoms with E-state index >= 15 is 0 Å². The third-order valence-corrected chi connectivity index (χ3v) is 6.01. The maximum absolute atomic E-state index is 5.88. The van der Waals surface area contributed by atoms with Gasteiger partial charge in [-0.15, -0.1) is 0 Å². The van der Waals surface area contributed by atoms with Gasteiger partial charge in [-0.3, -0.25) is 4.68 Å². The number of fused-ring (bicyclic) bond motifs is 1. The zero-order valence-corrected chi connectivity index (χ0v) is 19.4. The highest BCUT2D eigenvalue weighted by Crippen LogP contribution is 2.33. The van der Waals surface area contributed by atoms with E-state index in [9.17, 15) is 0 Å². The molecule has 2 atom stereocenters. The fourth-order valence-corrected chi connectivity index (χ4v) is 4.60. The normalized spacial score (nSPS) is 18.5. The van der Waals surface area contributed by atoms with Crippen molar-refractivity contribution in [3.8, 4) is 16.9 Å². The van der Waals surface area contributed by atoms with Crippen LogP contribution in [-0.2, 0) is 11.8 Å². The fourth-order valence-electron chi connectivity index (χ4n) is 4.60.